The standard InChI is InChI=1S/C12H10F4O3.C5H8O4/c1-3-19-7(18)4-6(17)8-5(2)9(13)11(15)12(16)10(8)14;1-2-9-5(8)3-4(6)7/h3-4H2,1-2H3;2-3H2,1H3,(H,6,7). The SMILES string of the molecule is CCOC(=O)CC(=O)O.CCOC(=O)CC(=O)c1c(C)c(F)c(F)c(F)c1F. The first-order valence-corrected chi connectivity index (χ1v) is 7.86. The number of hydrogen-bond donors (Lipinski definition) is 1. The van der Waals surface area contributed by atoms with Crippen LogP contribution in [0.25, 0.3) is 0 Å². The molecule has 0 aliphatic rings. The molecule has 156 valence electrons. The second-order valence-corrected chi connectivity index (χ2v) is 5.04. The van der Waals surface area contributed by atoms with Gasteiger partial charge in [0.1, 0.15) is 12.8 Å². The molecule has 0 unspecified atom stereocenters. The summed E-state index contributed by atoms with van der Waals surface area (Å²) in [5, 5.41) is 8.01. The highest BCUT2D eigenvalue weighted by Gasteiger charge is 2.28. The van der Waals surface area contributed by atoms with Crippen molar-refractivity contribution in [2.45, 2.75) is 33.6 Å². The van der Waals surface area contributed by atoms with Crippen LogP contribution >= 0.6 is 0 Å². The molecule has 0 fully saturated rings. The van der Waals surface area contributed by atoms with Crippen molar-refractivity contribution in [3.63, 3.8) is 0 Å². The fourth-order valence-corrected chi connectivity index (χ4v) is 1.84. The number of esters is 2. The Labute approximate surface area is 157 Å². The minimum Gasteiger partial charge on any atom is -0.481 e. The Kier molecular flexibility index (Phi) is 10.4. The topological polar surface area (TPSA) is 107 Å². The van der Waals surface area contributed by atoms with E-state index in [0.29, 0.717) is 0 Å². The van der Waals surface area contributed by atoms with E-state index in [1.54, 1.807) is 6.92 Å². The van der Waals surface area contributed by atoms with E-state index in [1.165, 1.54) is 6.92 Å². The maximum atomic E-state index is 13.4. The first-order chi connectivity index (χ1) is 13.0. The summed E-state index contributed by atoms with van der Waals surface area (Å²) < 4.78 is 61.4. The highest BCUT2D eigenvalue weighted by molar-refractivity contribution is 6.07. The lowest BCUT2D eigenvalue weighted by Gasteiger charge is -2.09. The van der Waals surface area contributed by atoms with Gasteiger partial charge in [0.05, 0.1) is 18.8 Å². The van der Waals surface area contributed by atoms with Gasteiger partial charge in [-0.15, -0.1) is 0 Å². The van der Waals surface area contributed by atoms with Crippen LogP contribution in [0.5, 0.6) is 0 Å². The third-order valence-corrected chi connectivity index (χ3v) is 2.99. The molecular formula is C17H18F4O7. The number of carboxylic acids is 1. The molecule has 0 heterocycles. The van der Waals surface area contributed by atoms with Crippen LogP contribution in [-0.4, -0.2) is 42.0 Å². The number of carbonyl (C=O) groups is 4. The van der Waals surface area contributed by atoms with E-state index in [4.69, 9.17) is 5.11 Å². The summed E-state index contributed by atoms with van der Waals surface area (Å²) in [6.07, 6.45) is -1.43. The van der Waals surface area contributed by atoms with Crippen molar-refractivity contribution >= 4 is 23.7 Å². The van der Waals surface area contributed by atoms with E-state index in [2.05, 4.69) is 9.47 Å². The number of hydrogen-bond acceptors (Lipinski definition) is 6. The fraction of sp³-hybridized carbons (Fsp3) is 0.412. The smallest absolute Gasteiger partial charge is 0.317 e. The number of aliphatic carboxylic acids is 1. The number of halogens is 4. The molecule has 0 radical (unpaired) electrons. The predicted molar refractivity (Wildman–Crippen MR) is 85.5 cm³/mol. The van der Waals surface area contributed by atoms with Crippen molar-refractivity contribution in [1.29, 1.82) is 0 Å². The molecule has 0 bridgehead atoms. The number of carboxylic acid groups (broad SMARTS) is 1. The van der Waals surface area contributed by atoms with Crippen molar-refractivity contribution in [3.05, 3.63) is 34.4 Å². The van der Waals surface area contributed by atoms with Crippen LogP contribution in [0, 0.1) is 30.2 Å². The predicted octanol–water partition coefficient (Wildman–Crippen LogP) is 2.71. The molecular weight excluding hydrogens is 392 g/mol. The van der Waals surface area contributed by atoms with Crippen LogP contribution in [0.1, 0.15) is 42.6 Å². The minimum absolute atomic E-state index is 0.000280. The highest BCUT2D eigenvalue weighted by atomic mass is 19.2. The van der Waals surface area contributed by atoms with Crippen molar-refractivity contribution < 1.29 is 51.3 Å². The van der Waals surface area contributed by atoms with E-state index < -0.39 is 70.9 Å². The molecule has 0 aliphatic carbocycles. The van der Waals surface area contributed by atoms with E-state index in [1.807, 2.05) is 0 Å². The van der Waals surface area contributed by atoms with Gasteiger partial charge in [-0.1, -0.05) is 0 Å². The van der Waals surface area contributed by atoms with Crippen molar-refractivity contribution in [1.82, 2.24) is 0 Å². The lowest BCUT2D eigenvalue weighted by molar-refractivity contribution is -0.151. The summed E-state index contributed by atoms with van der Waals surface area (Å²) in [6.45, 7) is 4.26. The summed E-state index contributed by atoms with van der Waals surface area (Å²) >= 11 is 0. The summed E-state index contributed by atoms with van der Waals surface area (Å²) in [4.78, 5) is 42.7. The lowest BCUT2D eigenvalue weighted by atomic mass is 10.0. The average molecular weight is 410 g/mol. The molecule has 7 nitrogen and oxygen atoms in total. The Morgan fingerprint density at radius 1 is 0.786 bits per heavy atom. The van der Waals surface area contributed by atoms with Gasteiger partial charge in [0.15, 0.2) is 29.1 Å². The quantitative estimate of drug-likeness (QED) is 0.184. The normalized spacial score (nSPS) is 9.82. The Bertz CT molecular complexity index is 733. The van der Waals surface area contributed by atoms with E-state index >= 15 is 0 Å². The van der Waals surface area contributed by atoms with Crippen LogP contribution in [0.4, 0.5) is 17.6 Å². The molecule has 0 saturated heterocycles. The average Bonchev–Trinajstić information content (AvgIpc) is 2.58. The van der Waals surface area contributed by atoms with Crippen molar-refractivity contribution in [2.75, 3.05) is 13.2 Å². The zero-order valence-electron chi connectivity index (χ0n) is 15.2. The Morgan fingerprint density at radius 3 is 1.64 bits per heavy atom. The molecule has 0 atom stereocenters. The molecule has 28 heavy (non-hydrogen) atoms. The summed E-state index contributed by atoms with van der Waals surface area (Å²) in [5.41, 5.74) is -1.67. The lowest BCUT2D eigenvalue weighted by Crippen LogP contribution is -2.16. The molecule has 0 amide bonds. The molecule has 0 aliphatic heterocycles. The van der Waals surface area contributed by atoms with Crippen LogP contribution in [0.2, 0.25) is 0 Å². The highest BCUT2D eigenvalue weighted by Crippen LogP contribution is 2.24. The summed E-state index contributed by atoms with van der Waals surface area (Å²) in [6, 6.07) is 0. The Morgan fingerprint density at radius 2 is 1.21 bits per heavy atom. The maximum absolute atomic E-state index is 13.4. The third-order valence-electron chi connectivity index (χ3n) is 2.99. The fourth-order valence-electron chi connectivity index (χ4n) is 1.84. The van der Waals surface area contributed by atoms with Crippen LogP contribution in [-0.2, 0) is 23.9 Å². The van der Waals surface area contributed by atoms with Gasteiger partial charge >= 0.3 is 17.9 Å². The summed E-state index contributed by atoms with van der Waals surface area (Å²) in [7, 11) is 0. The molecule has 0 aromatic heterocycles. The Balaban J connectivity index is 0.000000684. The van der Waals surface area contributed by atoms with Crippen LogP contribution in [0.3, 0.4) is 0 Å². The zero-order valence-corrected chi connectivity index (χ0v) is 15.2. The number of Topliss-reactive ketones (excluding diaryl/α,β-unsaturated/α-hetero) is 1. The van der Waals surface area contributed by atoms with E-state index in [-0.39, 0.29) is 13.2 Å². The maximum Gasteiger partial charge on any atom is 0.317 e. The second-order valence-electron chi connectivity index (χ2n) is 5.04. The van der Waals surface area contributed by atoms with E-state index in [9.17, 15) is 36.7 Å². The zero-order chi connectivity index (χ0) is 22.0. The van der Waals surface area contributed by atoms with Gasteiger partial charge < -0.3 is 14.6 Å². The first kappa shape index (κ1) is 25.0. The van der Waals surface area contributed by atoms with Crippen molar-refractivity contribution in [3.8, 4) is 0 Å². The van der Waals surface area contributed by atoms with Gasteiger partial charge in [-0.2, -0.15) is 0 Å². The van der Waals surface area contributed by atoms with Crippen LogP contribution < -0.4 is 0 Å². The van der Waals surface area contributed by atoms with Gasteiger partial charge in [-0.3, -0.25) is 19.2 Å². The molecule has 1 aromatic carbocycles. The van der Waals surface area contributed by atoms with Gasteiger partial charge in [-0.25, -0.2) is 17.6 Å². The third kappa shape index (κ3) is 7.33. The van der Waals surface area contributed by atoms with Crippen LogP contribution in [0.15, 0.2) is 0 Å². The van der Waals surface area contributed by atoms with Crippen molar-refractivity contribution in [2.24, 2.45) is 0 Å². The largest absolute Gasteiger partial charge is 0.481 e. The number of ketones is 1. The monoisotopic (exact) mass is 410 g/mol. The van der Waals surface area contributed by atoms with Gasteiger partial charge in [0, 0.05) is 5.56 Å². The number of rotatable bonds is 7. The number of benzene rings is 1. The molecule has 1 aromatic rings. The molecule has 11 heteroatoms. The van der Waals surface area contributed by atoms with Gasteiger partial charge in [-0.05, 0) is 20.8 Å². The molecule has 1 rings (SSSR count). The molecule has 0 spiro atoms. The van der Waals surface area contributed by atoms with Gasteiger partial charge in [0.2, 0.25) is 0 Å². The minimum atomic E-state index is -2.09. The second kappa shape index (κ2) is 11.7. The Hall–Kier alpha value is -2.98. The number of ether oxygens (including phenoxy) is 2. The molecule has 0 saturated carbocycles. The summed E-state index contributed by atoms with van der Waals surface area (Å²) in [5.74, 6) is -11.5. The molecule has 1 N–H and O–H groups in total. The van der Waals surface area contributed by atoms with Gasteiger partial charge in [0.25, 0.3) is 0 Å². The number of carbonyl (C=O) groups excluding carboxylic acids is 3. The van der Waals surface area contributed by atoms with E-state index in [0.717, 1.165) is 6.92 Å². The first-order valence-electron chi connectivity index (χ1n) is 7.86.